The number of nitrogens with zero attached hydrogens (tertiary/aromatic N) is 2. The summed E-state index contributed by atoms with van der Waals surface area (Å²) in [6.45, 7) is 1.33. The molecule has 0 saturated heterocycles. The summed E-state index contributed by atoms with van der Waals surface area (Å²) in [5.74, 6) is -0.853. The van der Waals surface area contributed by atoms with E-state index in [1.165, 1.54) is 29.2 Å². The van der Waals surface area contributed by atoms with Crippen molar-refractivity contribution >= 4 is 62.3 Å². The molecule has 5 rings (SSSR count). The minimum absolute atomic E-state index is 0.00591. The Morgan fingerprint density at radius 2 is 1.49 bits per heavy atom. The van der Waals surface area contributed by atoms with Crippen LogP contribution in [-0.2, 0) is 32.6 Å². The zero-order valence-electron chi connectivity index (χ0n) is 25.9. The number of amides is 2. The third kappa shape index (κ3) is 8.87. The summed E-state index contributed by atoms with van der Waals surface area (Å²) in [5.41, 5.74) is 2.73. The molecule has 1 fully saturated rings. The Kier molecular flexibility index (Phi) is 11.5. The molecule has 1 N–H and O–H groups in total. The standard InChI is InChI=1S/C36H36Cl3N3O4S/c1-25-11-16-30(17-12-25)42(47(45,46)31-18-14-28(37)15-19-31)24-35(43)41(23-27-13-20-32(38)33(39)21-27)34(22-26-7-3-2-4-8-26)36(44)40-29-9-5-6-10-29/h2-4,7-8,11-21,29,34H,5-6,9-10,22-24H2,1H3,(H,40,44)/t34-/m1/s1. The van der Waals surface area contributed by atoms with Crippen molar-refractivity contribution in [1.82, 2.24) is 10.2 Å². The van der Waals surface area contributed by atoms with Crippen molar-refractivity contribution in [3.63, 3.8) is 0 Å². The van der Waals surface area contributed by atoms with Crippen molar-refractivity contribution in [2.24, 2.45) is 0 Å². The van der Waals surface area contributed by atoms with Gasteiger partial charge in [0.25, 0.3) is 10.0 Å². The van der Waals surface area contributed by atoms with Gasteiger partial charge in [0, 0.05) is 24.0 Å². The van der Waals surface area contributed by atoms with Crippen LogP contribution in [0.3, 0.4) is 0 Å². The van der Waals surface area contributed by atoms with E-state index >= 15 is 0 Å². The smallest absolute Gasteiger partial charge is 0.264 e. The first-order chi connectivity index (χ1) is 22.5. The Morgan fingerprint density at radius 3 is 2.13 bits per heavy atom. The van der Waals surface area contributed by atoms with Crippen molar-refractivity contribution in [1.29, 1.82) is 0 Å². The van der Waals surface area contributed by atoms with Gasteiger partial charge in [-0.05, 0) is 79.4 Å². The maximum absolute atomic E-state index is 14.6. The zero-order valence-corrected chi connectivity index (χ0v) is 29.0. The highest BCUT2D eigenvalue weighted by molar-refractivity contribution is 7.92. The molecule has 246 valence electrons. The van der Waals surface area contributed by atoms with E-state index in [0.717, 1.165) is 41.1 Å². The van der Waals surface area contributed by atoms with Gasteiger partial charge in [-0.15, -0.1) is 0 Å². The Morgan fingerprint density at radius 1 is 0.830 bits per heavy atom. The second-order valence-electron chi connectivity index (χ2n) is 11.8. The van der Waals surface area contributed by atoms with Crippen LogP contribution >= 0.6 is 34.8 Å². The van der Waals surface area contributed by atoms with Gasteiger partial charge in [0.1, 0.15) is 12.6 Å². The fourth-order valence-corrected chi connectivity index (χ4v) is 7.59. The highest BCUT2D eigenvalue weighted by Gasteiger charge is 2.35. The summed E-state index contributed by atoms with van der Waals surface area (Å²) in [5, 5.41) is 4.21. The number of benzene rings is 4. The largest absolute Gasteiger partial charge is 0.352 e. The minimum atomic E-state index is -4.23. The zero-order chi connectivity index (χ0) is 33.6. The Balaban J connectivity index is 1.57. The van der Waals surface area contributed by atoms with Crippen LogP contribution in [0, 0.1) is 6.92 Å². The van der Waals surface area contributed by atoms with Gasteiger partial charge in [-0.2, -0.15) is 0 Å². The fourth-order valence-electron chi connectivity index (χ4n) is 5.73. The van der Waals surface area contributed by atoms with Crippen LogP contribution in [-0.4, -0.2) is 43.8 Å². The molecule has 1 aliphatic carbocycles. The molecule has 0 aromatic heterocycles. The second-order valence-corrected chi connectivity index (χ2v) is 14.9. The molecule has 2 amide bonds. The molecule has 1 atom stereocenters. The normalized spacial score (nSPS) is 14.0. The van der Waals surface area contributed by atoms with Crippen LogP contribution in [0.1, 0.15) is 42.4 Å². The number of nitrogens with one attached hydrogen (secondary N) is 1. The first-order valence-corrected chi connectivity index (χ1v) is 18.0. The van der Waals surface area contributed by atoms with Gasteiger partial charge in [-0.1, -0.05) is 102 Å². The minimum Gasteiger partial charge on any atom is -0.352 e. The Hall–Kier alpha value is -3.56. The van der Waals surface area contributed by atoms with Gasteiger partial charge in [-0.3, -0.25) is 13.9 Å². The van der Waals surface area contributed by atoms with E-state index in [-0.39, 0.29) is 29.8 Å². The molecule has 1 saturated carbocycles. The number of carbonyl (C=O) groups excluding carboxylic acids is 2. The first kappa shape index (κ1) is 34.8. The predicted molar refractivity (Wildman–Crippen MR) is 189 cm³/mol. The SMILES string of the molecule is Cc1ccc(N(CC(=O)N(Cc2ccc(Cl)c(Cl)c2)[C@H](Cc2ccccc2)C(=O)NC2CCCC2)S(=O)(=O)c2ccc(Cl)cc2)cc1. The fraction of sp³-hybridized carbons (Fsp3) is 0.278. The molecule has 1 aliphatic rings. The maximum atomic E-state index is 14.6. The van der Waals surface area contributed by atoms with E-state index in [9.17, 15) is 18.0 Å². The highest BCUT2D eigenvalue weighted by Crippen LogP contribution is 2.28. The van der Waals surface area contributed by atoms with E-state index in [4.69, 9.17) is 34.8 Å². The van der Waals surface area contributed by atoms with Crippen LogP contribution in [0.4, 0.5) is 5.69 Å². The van der Waals surface area contributed by atoms with Gasteiger partial charge in [0.05, 0.1) is 20.6 Å². The number of hydrogen-bond acceptors (Lipinski definition) is 4. The third-order valence-corrected chi connectivity index (χ3v) is 11.1. The molecule has 0 radical (unpaired) electrons. The van der Waals surface area contributed by atoms with Gasteiger partial charge < -0.3 is 10.2 Å². The molecule has 47 heavy (non-hydrogen) atoms. The average molecular weight is 713 g/mol. The summed E-state index contributed by atoms with van der Waals surface area (Å²) < 4.78 is 29.4. The third-order valence-electron chi connectivity index (χ3n) is 8.31. The predicted octanol–water partition coefficient (Wildman–Crippen LogP) is 7.85. The van der Waals surface area contributed by atoms with E-state index in [0.29, 0.717) is 26.3 Å². The molecule has 7 nitrogen and oxygen atoms in total. The van der Waals surface area contributed by atoms with Gasteiger partial charge in [0.2, 0.25) is 11.8 Å². The van der Waals surface area contributed by atoms with Crippen LogP contribution in [0.25, 0.3) is 0 Å². The van der Waals surface area contributed by atoms with Crippen LogP contribution < -0.4 is 9.62 Å². The number of carbonyl (C=O) groups is 2. The van der Waals surface area contributed by atoms with Gasteiger partial charge in [0.15, 0.2) is 0 Å². The summed E-state index contributed by atoms with van der Waals surface area (Å²) >= 11 is 18.6. The highest BCUT2D eigenvalue weighted by atomic mass is 35.5. The monoisotopic (exact) mass is 711 g/mol. The number of aryl methyl sites for hydroxylation is 1. The Labute approximate surface area is 291 Å². The molecule has 0 aliphatic heterocycles. The number of sulfonamides is 1. The molecule has 0 bridgehead atoms. The van der Waals surface area contributed by atoms with Crippen molar-refractivity contribution in [3.05, 3.63) is 129 Å². The molecule has 0 heterocycles. The lowest BCUT2D eigenvalue weighted by atomic mass is 10.0. The number of hydrogen-bond donors (Lipinski definition) is 1. The number of anilines is 1. The first-order valence-electron chi connectivity index (χ1n) is 15.4. The van der Waals surface area contributed by atoms with E-state index in [2.05, 4.69) is 5.32 Å². The van der Waals surface area contributed by atoms with Crippen molar-refractivity contribution in [2.75, 3.05) is 10.8 Å². The number of rotatable bonds is 12. The molecule has 4 aromatic carbocycles. The summed E-state index contributed by atoms with van der Waals surface area (Å²) in [6, 6.07) is 26.2. The van der Waals surface area contributed by atoms with Crippen molar-refractivity contribution in [3.8, 4) is 0 Å². The second kappa shape index (κ2) is 15.6. The van der Waals surface area contributed by atoms with Crippen molar-refractivity contribution in [2.45, 2.75) is 62.6 Å². The molecule has 4 aromatic rings. The van der Waals surface area contributed by atoms with Crippen molar-refractivity contribution < 1.29 is 18.0 Å². The molecule has 0 spiro atoms. The van der Waals surface area contributed by atoms with Crippen LogP contribution in [0.5, 0.6) is 0 Å². The quantitative estimate of drug-likeness (QED) is 0.162. The molecular formula is C36H36Cl3N3O4S. The Bertz CT molecular complexity index is 1800. The average Bonchev–Trinajstić information content (AvgIpc) is 3.57. The molecule has 11 heteroatoms. The lowest BCUT2D eigenvalue weighted by Gasteiger charge is -2.34. The van der Waals surface area contributed by atoms with Crippen LogP contribution in [0.2, 0.25) is 15.1 Å². The number of halogens is 3. The van der Waals surface area contributed by atoms with E-state index in [1.54, 1.807) is 42.5 Å². The summed E-state index contributed by atoms with van der Waals surface area (Å²) in [4.78, 5) is 30.2. The summed E-state index contributed by atoms with van der Waals surface area (Å²) in [6.07, 6.45) is 4.00. The summed E-state index contributed by atoms with van der Waals surface area (Å²) in [7, 11) is -4.23. The van der Waals surface area contributed by atoms with Gasteiger partial charge in [-0.25, -0.2) is 8.42 Å². The molecular weight excluding hydrogens is 677 g/mol. The van der Waals surface area contributed by atoms with Gasteiger partial charge >= 0.3 is 0 Å². The topological polar surface area (TPSA) is 86.8 Å². The lowest BCUT2D eigenvalue weighted by molar-refractivity contribution is -0.140. The van der Waals surface area contributed by atoms with E-state index in [1.807, 2.05) is 37.3 Å². The van der Waals surface area contributed by atoms with E-state index < -0.39 is 28.5 Å². The molecule has 0 unspecified atom stereocenters. The lowest BCUT2D eigenvalue weighted by Crippen LogP contribution is -2.54. The maximum Gasteiger partial charge on any atom is 0.264 e. The van der Waals surface area contributed by atoms with Crippen LogP contribution in [0.15, 0.2) is 102 Å².